The zero-order valence-electron chi connectivity index (χ0n) is 10.2. The van der Waals surface area contributed by atoms with Crippen LogP contribution in [0.4, 0.5) is 5.69 Å². The molecule has 1 rings (SSSR count). The highest BCUT2D eigenvalue weighted by molar-refractivity contribution is 7.80. The van der Waals surface area contributed by atoms with Crippen LogP contribution in [0.2, 0.25) is 0 Å². The van der Waals surface area contributed by atoms with Gasteiger partial charge in [-0.2, -0.15) is 0 Å². The third-order valence-corrected chi connectivity index (χ3v) is 3.16. The lowest BCUT2D eigenvalue weighted by atomic mass is 10.1. The third kappa shape index (κ3) is 3.49. The number of hydrogen-bond donors (Lipinski definition) is 1. The molecule has 0 bridgehead atoms. The van der Waals surface area contributed by atoms with Crippen LogP contribution in [0.15, 0.2) is 24.3 Å². The van der Waals surface area contributed by atoms with Gasteiger partial charge in [0.15, 0.2) is 0 Å². The fourth-order valence-electron chi connectivity index (χ4n) is 1.59. The number of hydrogen-bond acceptors (Lipinski definition) is 2. The predicted octanol–water partition coefficient (Wildman–Crippen LogP) is 2.74. The number of anilines is 1. The summed E-state index contributed by atoms with van der Waals surface area (Å²) in [6, 6.07) is 8.54. The molecular formula is C13H20N2S. The number of aryl methyl sites for hydroxylation is 1. The lowest BCUT2D eigenvalue weighted by Gasteiger charge is -2.26. The van der Waals surface area contributed by atoms with Gasteiger partial charge in [-0.3, -0.25) is 0 Å². The Morgan fingerprint density at radius 2 is 1.94 bits per heavy atom. The minimum atomic E-state index is 0.247. The minimum Gasteiger partial charge on any atom is -0.393 e. The second-order valence-corrected chi connectivity index (χ2v) is 4.65. The Morgan fingerprint density at radius 1 is 1.38 bits per heavy atom. The number of thiocarbonyl (C=S) groups is 1. The van der Waals surface area contributed by atoms with Crippen molar-refractivity contribution in [1.82, 2.24) is 0 Å². The molecule has 16 heavy (non-hydrogen) atoms. The van der Waals surface area contributed by atoms with Crippen LogP contribution in [0.25, 0.3) is 0 Å². The van der Waals surface area contributed by atoms with Gasteiger partial charge in [-0.15, -0.1) is 0 Å². The predicted molar refractivity (Wildman–Crippen MR) is 75.0 cm³/mol. The van der Waals surface area contributed by atoms with E-state index in [9.17, 15) is 0 Å². The van der Waals surface area contributed by atoms with Crippen molar-refractivity contribution >= 4 is 22.9 Å². The first-order valence-corrected chi connectivity index (χ1v) is 6.06. The smallest absolute Gasteiger partial charge is 0.0773 e. The maximum atomic E-state index is 5.65. The Balaban J connectivity index is 2.74. The monoisotopic (exact) mass is 236 g/mol. The Kier molecular flexibility index (Phi) is 4.74. The summed E-state index contributed by atoms with van der Waals surface area (Å²) in [7, 11) is 0. The number of nitrogens with two attached hydrogens (primary N) is 1. The van der Waals surface area contributed by atoms with Gasteiger partial charge in [0.1, 0.15) is 0 Å². The number of benzene rings is 1. The van der Waals surface area contributed by atoms with Crippen LogP contribution < -0.4 is 10.6 Å². The second-order valence-electron chi connectivity index (χ2n) is 4.18. The highest BCUT2D eigenvalue weighted by atomic mass is 32.1. The summed E-state index contributed by atoms with van der Waals surface area (Å²) in [6.45, 7) is 8.16. The molecule has 3 heteroatoms. The van der Waals surface area contributed by atoms with Crippen LogP contribution >= 0.6 is 12.2 Å². The highest BCUT2D eigenvalue weighted by Crippen LogP contribution is 2.16. The Morgan fingerprint density at radius 3 is 2.38 bits per heavy atom. The van der Waals surface area contributed by atoms with E-state index in [2.05, 4.69) is 49.9 Å². The zero-order chi connectivity index (χ0) is 12.1. The van der Waals surface area contributed by atoms with Gasteiger partial charge in [-0.05, 0) is 26.0 Å². The van der Waals surface area contributed by atoms with Crippen molar-refractivity contribution in [3.63, 3.8) is 0 Å². The maximum Gasteiger partial charge on any atom is 0.0773 e. The Bertz CT molecular complexity index is 345. The molecular weight excluding hydrogens is 216 g/mol. The van der Waals surface area contributed by atoms with Gasteiger partial charge in [0.05, 0.1) is 4.99 Å². The molecule has 2 N–H and O–H groups in total. The molecule has 1 atom stereocenters. The van der Waals surface area contributed by atoms with E-state index < -0.39 is 0 Å². The molecule has 1 aromatic rings. The van der Waals surface area contributed by atoms with E-state index in [0.29, 0.717) is 4.99 Å². The first kappa shape index (κ1) is 13.0. The summed E-state index contributed by atoms with van der Waals surface area (Å²) >= 11 is 5.01. The van der Waals surface area contributed by atoms with E-state index in [1.807, 2.05) is 0 Å². The van der Waals surface area contributed by atoms with Gasteiger partial charge in [0, 0.05) is 24.7 Å². The van der Waals surface area contributed by atoms with E-state index in [0.717, 1.165) is 13.1 Å². The lowest BCUT2D eigenvalue weighted by Crippen LogP contribution is -2.33. The summed E-state index contributed by atoms with van der Waals surface area (Å²) < 4.78 is 0. The topological polar surface area (TPSA) is 29.3 Å². The molecule has 2 nitrogen and oxygen atoms in total. The number of nitrogens with zero attached hydrogens (tertiary/aromatic N) is 1. The quantitative estimate of drug-likeness (QED) is 0.797. The van der Waals surface area contributed by atoms with Gasteiger partial charge >= 0.3 is 0 Å². The van der Waals surface area contributed by atoms with Gasteiger partial charge in [0.2, 0.25) is 0 Å². The first-order valence-electron chi connectivity index (χ1n) is 5.65. The van der Waals surface area contributed by atoms with Crippen LogP contribution in [0.5, 0.6) is 0 Å². The van der Waals surface area contributed by atoms with E-state index in [4.69, 9.17) is 18.0 Å². The van der Waals surface area contributed by atoms with Crippen molar-refractivity contribution in [3.8, 4) is 0 Å². The standard InChI is InChI=1S/C13H20N2S/c1-4-15(9-11(3)13(14)16)12-7-5-10(2)6-8-12/h5-8,11H,4,9H2,1-3H3,(H2,14,16). The molecule has 0 radical (unpaired) electrons. The lowest BCUT2D eigenvalue weighted by molar-refractivity contribution is 0.708. The average Bonchev–Trinajstić information content (AvgIpc) is 2.26. The summed E-state index contributed by atoms with van der Waals surface area (Å²) in [5.74, 6) is 0.247. The van der Waals surface area contributed by atoms with E-state index in [1.165, 1.54) is 11.3 Å². The molecule has 0 aliphatic heterocycles. The molecule has 0 saturated carbocycles. The summed E-state index contributed by atoms with van der Waals surface area (Å²) in [4.78, 5) is 2.88. The van der Waals surface area contributed by atoms with Crippen molar-refractivity contribution in [2.24, 2.45) is 11.7 Å². The molecule has 0 aromatic heterocycles. The number of rotatable bonds is 5. The van der Waals surface area contributed by atoms with Crippen LogP contribution in [0, 0.1) is 12.8 Å². The molecule has 1 unspecified atom stereocenters. The highest BCUT2D eigenvalue weighted by Gasteiger charge is 2.11. The van der Waals surface area contributed by atoms with E-state index >= 15 is 0 Å². The van der Waals surface area contributed by atoms with Crippen LogP contribution in [-0.2, 0) is 0 Å². The third-order valence-electron chi connectivity index (χ3n) is 2.76. The summed E-state index contributed by atoms with van der Waals surface area (Å²) in [5.41, 5.74) is 8.16. The van der Waals surface area contributed by atoms with Gasteiger partial charge < -0.3 is 10.6 Å². The van der Waals surface area contributed by atoms with Gasteiger partial charge in [0.25, 0.3) is 0 Å². The summed E-state index contributed by atoms with van der Waals surface area (Å²) in [5, 5.41) is 0. The largest absolute Gasteiger partial charge is 0.393 e. The molecule has 0 fully saturated rings. The van der Waals surface area contributed by atoms with Crippen LogP contribution in [0.3, 0.4) is 0 Å². The van der Waals surface area contributed by atoms with Crippen molar-refractivity contribution in [1.29, 1.82) is 0 Å². The molecule has 0 aliphatic carbocycles. The Labute approximate surface area is 103 Å². The second kappa shape index (κ2) is 5.85. The summed E-state index contributed by atoms with van der Waals surface area (Å²) in [6.07, 6.45) is 0. The average molecular weight is 236 g/mol. The fraction of sp³-hybridized carbons (Fsp3) is 0.462. The van der Waals surface area contributed by atoms with Crippen molar-refractivity contribution < 1.29 is 0 Å². The van der Waals surface area contributed by atoms with Gasteiger partial charge in [-0.25, -0.2) is 0 Å². The van der Waals surface area contributed by atoms with Crippen LogP contribution in [0.1, 0.15) is 19.4 Å². The first-order chi connectivity index (χ1) is 7.54. The molecule has 0 saturated heterocycles. The van der Waals surface area contributed by atoms with Crippen molar-refractivity contribution in [3.05, 3.63) is 29.8 Å². The molecule has 0 spiro atoms. The SMILES string of the molecule is CCN(CC(C)C(N)=S)c1ccc(C)cc1. The van der Waals surface area contributed by atoms with Gasteiger partial charge in [-0.1, -0.05) is 36.8 Å². The van der Waals surface area contributed by atoms with Crippen LogP contribution in [-0.4, -0.2) is 18.1 Å². The molecule has 0 amide bonds. The van der Waals surface area contributed by atoms with Crippen molar-refractivity contribution in [2.45, 2.75) is 20.8 Å². The molecule has 0 aliphatic rings. The molecule has 0 heterocycles. The van der Waals surface area contributed by atoms with E-state index in [1.54, 1.807) is 0 Å². The minimum absolute atomic E-state index is 0.247. The zero-order valence-corrected chi connectivity index (χ0v) is 11.1. The van der Waals surface area contributed by atoms with E-state index in [-0.39, 0.29) is 5.92 Å². The Hall–Kier alpha value is -1.09. The molecule has 1 aromatic carbocycles. The molecule has 88 valence electrons. The fourth-order valence-corrected chi connectivity index (χ4v) is 1.67. The normalized spacial score (nSPS) is 12.2. The van der Waals surface area contributed by atoms with Crippen molar-refractivity contribution in [2.75, 3.05) is 18.0 Å². The maximum absolute atomic E-state index is 5.65.